The number of thiophene rings is 1. The molecule has 0 saturated heterocycles. The van der Waals surface area contributed by atoms with Gasteiger partial charge in [0.25, 0.3) is 0 Å². The molecule has 130 valence electrons. The number of nitrogens with one attached hydrogen (secondary N) is 1. The number of aryl methyl sites for hydroxylation is 2. The minimum Gasteiger partial charge on any atom is -0.399 e. The lowest BCUT2D eigenvalue weighted by Gasteiger charge is -2.26. The Morgan fingerprint density at radius 1 is 1.33 bits per heavy atom. The molecule has 1 aromatic heterocycles. The molecule has 3 N–H and O–H groups in total. The summed E-state index contributed by atoms with van der Waals surface area (Å²) in [5.74, 6) is 0.148. The number of halogens is 2. The summed E-state index contributed by atoms with van der Waals surface area (Å²) in [6.07, 6.45) is 5.60. The Morgan fingerprint density at radius 3 is 2.92 bits per heavy atom. The van der Waals surface area contributed by atoms with Gasteiger partial charge in [0.05, 0.1) is 9.83 Å². The van der Waals surface area contributed by atoms with Crippen molar-refractivity contribution >= 4 is 51.3 Å². The number of anilines is 1. The molecule has 0 fully saturated rings. The monoisotopic (exact) mass is 428 g/mol. The van der Waals surface area contributed by atoms with Gasteiger partial charge in [-0.2, -0.15) is 0 Å². The number of fused-ring (bicyclic) bond motifs is 1. The number of amides is 1. The van der Waals surface area contributed by atoms with Crippen LogP contribution in [0.1, 0.15) is 47.7 Å². The van der Waals surface area contributed by atoms with Crippen LogP contribution in [0.2, 0.25) is 0 Å². The molecule has 2 aromatic rings. The molecular formula is C18H22BrClN2OS. The van der Waals surface area contributed by atoms with Crippen LogP contribution in [0, 0.1) is 0 Å². The average Bonchev–Trinajstić information content (AvgIpc) is 2.92. The standard InChI is InChI=1S/C18H21BrN2OS.ClH/c19-17-10-8-14(23-17)4-2-6-18(22)21-16-5-1-3-12-11-13(20)7-9-15(12)16;/h7-11,16H,1-6,20H2,(H,21,22);1H. The summed E-state index contributed by atoms with van der Waals surface area (Å²) in [5, 5.41) is 3.20. The molecule has 1 heterocycles. The van der Waals surface area contributed by atoms with E-state index in [1.54, 1.807) is 11.3 Å². The van der Waals surface area contributed by atoms with Gasteiger partial charge in [0, 0.05) is 17.0 Å². The van der Waals surface area contributed by atoms with E-state index in [-0.39, 0.29) is 24.4 Å². The van der Waals surface area contributed by atoms with E-state index in [9.17, 15) is 4.79 Å². The average molecular weight is 430 g/mol. The first kappa shape index (κ1) is 19.3. The second-order valence-corrected chi connectivity index (χ2v) is 8.58. The predicted molar refractivity (Wildman–Crippen MR) is 107 cm³/mol. The lowest BCUT2D eigenvalue weighted by atomic mass is 9.87. The molecule has 0 saturated carbocycles. The number of hydrogen-bond donors (Lipinski definition) is 2. The summed E-state index contributed by atoms with van der Waals surface area (Å²) < 4.78 is 1.15. The second kappa shape index (κ2) is 8.88. The van der Waals surface area contributed by atoms with Gasteiger partial charge in [0.15, 0.2) is 0 Å². The van der Waals surface area contributed by atoms with Crippen LogP contribution < -0.4 is 11.1 Å². The fourth-order valence-corrected chi connectivity index (χ4v) is 4.68. The Morgan fingerprint density at radius 2 is 2.17 bits per heavy atom. The summed E-state index contributed by atoms with van der Waals surface area (Å²) in [6.45, 7) is 0. The highest BCUT2D eigenvalue weighted by Gasteiger charge is 2.21. The van der Waals surface area contributed by atoms with Crippen molar-refractivity contribution in [3.8, 4) is 0 Å². The zero-order valence-electron chi connectivity index (χ0n) is 13.4. The predicted octanol–water partition coefficient (Wildman–Crippen LogP) is 5.03. The Balaban J connectivity index is 0.00000208. The molecule has 3 rings (SSSR count). The van der Waals surface area contributed by atoms with Crippen molar-refractivity contribution in [3.05, 3.63) is 50.1 Å². The fraction of sp³-hybridized carbons (Fsp3) is 0.389. The quantitative estimate of drug-likeness (QED) is 0.655. The minimum absolute atomic E-state index is 0. The molecule has 1 aliphatic carbocycles. The van der Waals surface area contributed by atoms with Crippen molar-refractivity contribution in [1.82, 2.24) is 5.32 Å². The molecule has 3 nitrogen and oxygen atoms in total. The fourth-order valence-electron chi connectivity index (χ4n) is 3.16. The van der Waals surface area contributed by atoms with E-state index in [1.807, 2.05) is 12.1 Å². The van der Waals surface area contributed by atoms with E-state index in [0.29, 0.717) is 6.42 Å². The van der Waals surface area contributed by atoms with Crippen LogP contribution in [0.3, 0.4) is 0 Å². The maximum Gasteiger partial charge on any atom is 0.220 e. The van der Waals surface area contributed by atoms with Gasteiger partial charge in [-0.15, -0.1) is 23.7 Å². The molecule has 0 bridgehead atoms. The number of carbonyl (C=O) groups excluding carboxylic acids is 1. The molecule has 0 radical (unpaired) electrons. The van der Waals surface area contributed by atoms with Gasteiger partial charge in [-0.25, -0.2) is 0 Å². The normalized spacial score (nSPS) is 16.1. The van der Waals surface area contributed by atoms with Crippen molar-refractivity contribution in [2.75, 3.05) is 5.73 Å². The van der Waals surface area contributed by atoms with E-state index >= 15 is 0 Å². The highest BCUT2D eigenvalue weighted by Crippen LogP contribution is 2.31. The Kier molecular flexibility index (Phi) is 7.14. The summed E-state index contributed by atoms with van der Waals surface area (Å²) in [5.41, 5.74) is 9.18. The van der Waals surface area contributed by atoms with Crippen molar-refractivity contribution in [2.45, 2.75) is 44.6 Å². The molecule has 1 unspecified atom stereocenters. The zero-order valence-corrected chi connectivity index (χ0v) is 16.6. The Bertz CT molecular complexity index is 704. The van der Waals surface area contributed by atoms with Gasteiger partial charge in [-0.05, 0) is 83.4 Å². The van der Waals surface area contributed by atoms with Gasteiger partial charge in [-0.3, -0.25) is 4.79 Å². The smallest absolute Gasteiger partial charge is 0.220 e. The number of hydrogen-bond acceptors (Lipinski definition) is 3. The van der Waals surface area contributed by atoms with Crippen LogP contribution in [0.4, 0.5) is 5.69 Å². The van der Waals surface area contributed by atoms with Crippen molar-refractivity contribution in [1.29, 1.82) is 0 Å². The van der Waals surface area contributed by atoms with Crippen LogP contribution >= 0.6 is 39.7 Å². The number of carbonyl (C=O) groups is 1. The first-order valence-corrected chi connectivity index (χ1v) is 9.64. The van der Waals surface area contributed by atoms with E-state index in [2.05, 4.69) is 39.4 Å². The van der Waals surface area contributed by atoms with Crippen molar-refractivity contribution in [3.63, 3.8) is 0 Å². The van der Waals surface area contributed by atoms with Gasteiger partial charge < -0.3 is 11.1 Å². The molecule has 6 heteroatoms. The van der Waals surface area contributed by atoms with Crippen molar-refractivity contribution < 1.29 is 4.79 Å². The highest BCUT2D eigenvalue weighted by atomic mass is 79.9. The van der Waals surface area contributed by atoms with Crippen molar-refractivity contribution in [2.24, 2.45) is 0 Å². The van der Waals surface area contributed by atoms with E-state index < -0.39 is 0 Å². The van der Waals surface area contributed by atoms with E-state index in [4.69, 9.17) is 5.73 Å². The maximum atomic E-state index is 12.2. The minimum atomic E-state index is 0. The third-order valence-corrected chi connectivity index (χ3v) is 5.96. The Hall–Kier alpha value is -1.04. The van der Waals surface area contributed by atoms with Gasteiger partial charge in [0.1, 0.15) is 0 Å². The van der Waals surface area contributed by atoms with Crippen LogP contribution in [-0.4, -0.2) is 5.91 Å². The molecule has 1 aliphatic rings. The first-order valence-electron chi connectivity index (χ1n) is 8.04. The summed E-state index contributed by atoms with van der Waals surface area (Å²) in [4.78, 5) is 13.6. The van der Waals surface area contributed by atoms with Crippen LogP contribution in [0.5, 0.6) is 0 Å². The zero-order chi connectivity index (χ0) is 16.2. The molecular weight excluding hydrogens is 408 g/mol. The molecule has 0 spiro atoms. The van der Waals surface area contributed by atoms with Gasteiger partial charge in [-0.1, -0.05) is 6.07 Å². The SMILES string of the molecule is Cl.Nc1ccc2c(c1)CCCC2NC(=O)CCCc1ccc(Br)s1. The third kappa shape index (κ3) is 4.98. The maximum absolute atomic E-state index is 12.2. The van der Waals surface area contributed by atoms with E-state index in [1.165, 1.54) is 16.0 Å². The lowest BCUT2D eigenvalue weighted by molar-refractivity contribution is -0.122. The molecule has 0 aliphatic heterocycles. The summed E-state index contributed by atoms with van der Waals surface area (Å²) in [6, 6.07) is 10.4. The molecule has 1 aromatic carbocycles. The number of nitrogen functional groups attached to an aromatic ring is 1. The van der Waals surface area contributed by atoms with Crippen LogP contribution in [-0.2, 0) is 17.6 Å². The van der Waals surface area contributed by atoms with Gasteiger partial charge >= 0.3 is 0 Å². The molecule has 1 amide bonds. The molecule has 1 atom stereocenters. The van der Waals surface area contributed by atoms with E-state index in [0.717, 1.165) is 41.6 Å². The number of rotatable bonds is 5. The number of nitrogens with two attached hydrogens (primary N) is 1. The highest BCUT2D eigenvalue weighted by molar-refractivity contribution is 9.11. The molecule has 24 heavy (non-hydrogen) atoms. The third-order valence-electron chi connectivity index (χ3n) is 4.27. The largest absolute Gasteiger partial charge is 0.399 e. The summed E-state index contributed by atoms with van der Waals surface area (Å²) >= 11 is 5.21. The topological polar surface area (TPSA) is 55.1 Å². The van der Waals surface area contributed by atoms with Crippen LogP contribution in [0.15, 0.2) is 34.1 Å². The Labute approximate surface area is 161 Å². The van der Waals surface area contributed by atoms with Crippen LogP contribution in [0.25, 0.3) is 0 Å². The summed E-state index contributed by atoms with van der Waals surface area (Å²) in [7, 11) is 0. The lowest BCUT2D eigenvalue weighted by Crippen LogP contribution is -2.30. The second-order valence-electron chi connectivity index (χ2n) is 6.03. The first-order chi connectivity index (χ1) is 11.1. The number of benzene rings is 1. The van der Waals surface area contributed by atoms with Gasteiger partial charge in [0.2, 0.25) is 5.91 Å².